The molecule has 170 valence electrons. The van der Waals surface area contributed by atoms with E-state index in [1.807, 2.05) is 62.3 Å². The summed E-state index contributed by atoms with van der Waals surface area (Å²) in [6.07, 6.45) is -0.497. The zero-order valence-electron chi connectivity index (χ0n) is 20.7. The Bertz CT molecular complexity index is 617. The number of amides is 1. The first-order valence-electron chi connectivity index (χ1n) is 10.6. The minimum atomic E-state index is -1.20. The number of ether oxygens (including phenoxy) is 2. The number of esters is 1. The summed E-state index contributed by atoms with van der Waals surface area (Å²) >= 11 is 0. The molecule has 29 heavy (non-hydrogen) atoms. The number of likely N-dealkylation sites (tertiary alicyclic amines) is 1. The number of carbonyl (C=O) groups is 2. The highest BCUT2D eigenvalue weighted by molar-refractivity contribution is 5.88. The van der Waals surface area contributed by atoms with Gasteiger partial charge in [-0.3, -0.25) is 4.90 Å². The number of nitrogens with two attached hydrogens (primary N) is 1. The number of nitrogens with zero attached hydrogens (tertiary/aromatic N) is 1. The van der Waals surface area contributed by atoms with Crippen LogP contribution in [-0.4, -0.2) is 46.8 Å². The van der Waals surface area contributed by atoms with E-state index in [4.69, 9.17) is 15.2 Å². The fourth-order valence-electron chi connectivity index (χ4n) is 4.84. The lowest BCUT2D eigenvalue weighted by atomic mass is 9.57. The first kappa shape index (κ1) is 25.7. The van der Waals surface area contributed by atoms with Crippen molar-refractivity contribution in [2.45, 2.75) is 99.8 Å². The maximum absolute atomic E-state index is 13.9. The second-order valence-corrected chi connectivity index (χ2v) is 12.4. The molecular weight excluding hydrogens is 368 g/mol. The van der Waals surface area contributed by atoms with E-state index in [0.717, 1.165) is 0 Å². The van der Waals surface area contributed by atoms with Crippen LogP contribution in [0.1, 0.15) is 83.1 Å². The molecule has 0 spiro atoms. The molecule has 0 aromatic heterocycles. The van der Waals surface area contributed by atoms with E-state index in [1.54, 1.807) is 4.90 Å². The predicted molar refractivity (Wildman–Crippen MR) is 116 cm³/mol. The van der Waals surface area contributed by atoms with Crippen LogP contribution in [0.5, 0.6) is 0 Å². The quantitative estimate of drug-likeness (QED) is 0.670. The van der Waals surface area contributed by atoms with Crippen LogP contribution >= 0.6 is 0 Å². The summed E-state index contributed by atoms with van der Waals surface area (Å²) in [7, 11) is 0. The van der Waals surface area contributed by atoms with Crippen LogP contribution in [0.2, 0.25) is 0 Å². The molecule has 0 saturated carbocycles. The Labute approximate surface area is 177 Å². The molecule has 0 aliphatic carbocycles. The topological polar surface area (TPSA) is 81.9 Å². The van der Waals surface area contributed by atoms with Gasteiger partial charge >= 0.3 is 12.1 Å². The van der Waals surface area contributed by atoms with Gasteiger partial charge in [0, 0.05) is 12.5 Å². The zero-order valence-corrected chi connectivity index (χ0v) is 20.7. The third-order valence-corrected chi connectivity index (χ3v) is 5.47. The van der Waals surface area contributed by atoms with Gasteiger partial charge in [0.1, 0.15) is 11.2 Å². The van der Waals surface area contributed by atoms with Gasteiger partial charge in [-0.2, -0.15) is 0 Å². The maximum Gasteiger partial charge on any atom is 0.411 e. The van der Waals surface area contributed by atoms with Gasteiger partial charge in [-0.1, -0.05) is 41.5 Å². The molecule has 1 aliphatic rings. The second-order valence-electron chi connectivity index (χ2n) is 12.4. The predicted octanol–water partition coefficient (Wildman–Crippen LogP) is 4.60. The Morgan fingerprint density at radius 1 is 0.897 bits per heavy atom. The molecule has 1 rings (SSSR count). The van der Waals surface area contributed by atoms with E-state index in [2.05, 4.69) is 20.8 Å². The standard InChI is InChI=1S/C23H44N2O4/c1-19(2,3)16-15(13-24)14-25(18(27)29-22(10,11)12)23(16,20(4,5)6)17(26)28-21(7,8)9/h15-16H,13-14,24H2,1-12H3/t15-,16?,23-/m1/s1. The maximum atomic E-state index is 13.9. The van der Waals surface area contributed by atoms with Gasteiger partial charge in [0.25, 0.3) is 0 Å². The average Bonchev–Trinajstić information content (AvgIpc) is 2.79. The number of carbonyl (C=O) groups excluding carboxylic acids is 2. The minimum Gasteiger partial charge on any atom is -0.458 e. The second kappa shape index (κ2) is 7.75. The van der Waals surface area contributed by atoms with Gasteiger partial charge in [-0.15, -0.1) is 0 Å². The fourth-order valence-corrected chi connectivity index (χ4v) is 4.84. The Morgan fingerprint density at radius 2 is 1.34 bits per heavy atom. The molecule has 1 amide bonds. The van der Waals surface area contributed by atoms with Crippen molar-refractivity contribution in [3.8, 4) is 0 Å². The first-order valence-corrected chi connectivity index (χ1v) is 10.6. The van der Waals surface area contributed by atoms with Crippen LogP contribution in [0, 0.1) is 22.7 Å². The SMILES string of the molecule is CC(C)(C)OC(=O)N1C[C@@H](CN)C(C(C)(C)C)[C@@]1(C(=O)OC(C)(C)C)C(C)(C)C. The van der Waals surface area contributed by atoms with E-state index in [-0.39, 0.29) is 23.2 Å². The van der Waals surface area contributed by atoms with Crippen molar-refractivity contribution in [1.82, 2.24) is 4.90 Å². The molecule has 3 atom stereocenters. The van der Waals surface area contributed by atoms with E-state index >= 15 is 0 Å². The Balaban J connectivity index is 3.80. The Hall–Kier alpha value is -1.30. The molecule has 0 radical (unpaired) electrons. The van der Waals surface area contributed by atoms with Crippen molar-refractivity contribution in [1.29, 1.82) is 0 Å². The van der Waals surface area contributed by atoms with Gasteiger partial charge < -0.3 is 15.2 Å². The van der Waals surface area contributed by atoms with Gasteiger partial charge in [0.15, 0.2) is 5.54 Å². The zero-order chi connectivity index (χ0) is 23.2. The Morgan fingerprint density at radius 3 is 1.66 bits per heavy atom. The fraction of sp³-hybridized carbons (Fsp3) is 0.913. The normalized spacial score (nSPS) is 26.4. The van der Waals surface area contributed by atoms with Crippen LogP contribution in [0.15, 0.2) is 0 Å². The third-order valence-electron chi connectivity index (χ3n) is 5.47. The van der Waals surface area contributed by atoms with E-state index in [0.29, 0.717) is 13.1 Å². The van der Waals surface area contributed by atoms with Gasteiger partial charge in [0.2, 0.25) is 0 Å². The molecule has 1 heterocycles. The number of hydrogen-bond acceptors (Lipinski definition) is 5. The van der Waals surface area contributed by atoms with Crippen LogP contribution in [0.3, 0.4) is 0 Å². The molecule has 2 N–H and O–H groups in total. The smallest absolute Gasteiger partial charge is 0.411 e. The van der Waals surface area contributed by atoms with E-state index < -0.39 is 28.2 Å². The monoisotopic (exact) mass is 412 g/mol. The summed E-state index contributed by atoms with van der Waals surface area (Å²) in [5.41, 5.74) is 2.72. The third kappa shape index (κ3) is 5.25. The summed E-state index contributed by atoms with van der Waals surface area (Å²) in [5.74, 6) is -0.629. The van der Waals surface area contributed by atoms with Crippen molar-refractivity contribution >= 4 is 12.1 Å². The highest BCUT2D eigenvalue weighted by Gasteiger charge is 2.69. The molecule has 1 fully saturated rings. The highest BCUT2D eigenvalue weighted by atomic mass is 16.6. The molecule has 1 saturated heterocycles. The van der Waals surface area contributed by atoms with Crippen molar-refractivity contribution in [3.63, 3.8) is 0 Å². The van der Waals surface area contributed by atoms with Crippen molar-refractivity contribution in [2.75, 3.05) is 13.1 Å². The Kier molecular flexibility index (Phi) is 6.88. The van der Waals surface area contributed by atoms with Crippen molar-refractivity contribution in [3.05, 3.63) is 0 Å². The van der Waals surface area contributed by atoms with Crippen molar-refractivity contribution < 1.29 is 19.1 Å². The van der Waals surface area contributed by atoms with Gasteiger partial charge in [-0.05, 0) is 64.8 Å². The summed E-state index contributed by atoms with van der Waals surface area (Å²) in [6, 6.07) is 0. The molecular formula is C23H44N2O4. The van der Waals surface area contributed by atoms with Crippen LogP contribution < -0.4 is 5.73 Å². The number of hydrogen-bond donors (Lipinski definition) is 1. The largest absolute Gasteiger partial charge is 0.458 e. The average molecular weight is 413 g/mol. The van der Waals surface area contributed by atoms with E-state index in [1.165, 1.54) is 0 Å². The van der Waals surface area contributed by atoms with Crippen LogP contribution in [-0.2, 0) is 14.3 Å². The van der Waals surface area contributed by atoms with Gasteiger partial charge in [0.05, 0.1) is 0 Å². The van der Waals surface area contributed by atoms with E-state index in [9.17, 15) is 9.59 Å². The minimum absolute atomic E-state index is 0.0470. The number of rotatable bonds is 2. The molecule has 0 bridgehead atoms. The lowest BCUT2D eigenvalue weighted by Crippen LogP contribution is -2.67. The molecule has 6 nitrogen and oxygen atoms in total. The summed E-state index contributed by atoms with van der Waals surface area (Å²) < 4.78 is 11.7. The first-order chi connectivity index (χ1) is 12.7. The molecule has 0 aromatic carbocycles. The van der Waals surface area contributed by atoms with Gasteiger partial charge in [-0.25, -0.2) is 9.59 Å². The molecule has 1 aliphatic heterocycles. The summed E-state index contributed by atoms with van der Waals surface area (Å²) in [5, 5.41) is 0. The molecule has 0 aromatic rings. The summed E-state index contributed by atoms with van der Waals surface area (Å²) in [6.45, 7) is 24.0. The summed E-state index contributed by atoms with van der Waals surface area (Å²) in [4.78, 5) is 28.9. The molecule has 6 heteroatoms. The van der Waals surface area contributed by atoms with Crippen molar-refractivity contribution in [2.24, 2.45) is 28.4 Å². The van der Waals surface area contributed by atoms with Crippen LogP contribution in [0.4, 0.5) is 4.79 Å². The highest BCUT2D eigenvalue weighted by Crippen LogP contribution is 2.57. The lowest BCUT2D eigenvalue weighted by Gasteiger charge is -2.53. The van der Waals surface area contributed by atoms with Crippen LogP contribution in [0.25, 0.3) is 0 Å². The molecule has 1 unspecified atom stereocenters. The lowest BCUT2D eigenvalue weighted by molar-refractivity contribution is -0.183.